The quantitative estimate of drug-likeness (QED) is 0.0755. The third-order valence-electron chi connectivity index (χ3n) is 10.2. The Bertz CT molecular complexity index is 1470. The predicted molar refractivity (Wildman–Crippen MR) is 214 cm³/mol. The van der Waals surface area contributed by atoms with Gasteiger partial charge in [0.1, 0.15) is 11.5 Å². The van der Waals surface area contributed by atoms with E-state index in [1.54, 1.807) is 0 Å². The molecule has 6 heteroatoms. The fourth-order valence-corrected chi connectivity index (χ4v) is 20.8. The van der Waals surface area contributed by atoms with Crippen molar-refractivity contribution in [3.63, 3.8) is 0 Å². The highest BCUT2D eigenvalue weighted by Crippen LogP contribution is 2.42. The van der Waals surface area contributed by atoms with Gasteiger partial charge in [0.15, 0.2) is 16.1 Å². The van der Waals surface area contributed by atoms with Crippen LogP contribution in [0.3, 0.4) is 0 Å². The number of benzene rings is 4. The van der Waals surface area contributed by atoms with Crippen LogP contribution in [0.15, 0.2) is 133 Å². The van der Waals surface area contributed by atoms with Crippen molar-refractivity contribution in [2.45, 2.75) is 103 Å². The Balaban J connectivity index is 1.71. The first kappa shape index (κ1) is 38.8. The average molecular weight is 705 g/mol. The molecule has 0 spiro atoms. The Morgan fingerprint density at radius 1 is 0.500 bits per heavy atom. The molecule has 0 amide bonds. The van der Waals surface area contributed by atoms with Crippen LogP contribution < -0.4 is 20.7 Å². The van der Waals surface area contributed by atoms with Crippen LogP contribution in [0.1, 0.15) is 81.1 Å². The van der Waals surface area contributed by atoms with Crippen molar-refractivity contribution in [3.05, 3.63) is 133 Å². The lowest BCUT2D eigenvalue weighted by molar-refractivity contribution is -0.143. The number of rotatable bonds is 14. The van der Waals surface area contributed by atoms with Gasteiger partial charge in [-0.3, -0.25) is 0 Å². The van der Waals surface area contributed by atoms with Gasteiger partial charge in [-0.2, -0.15) is 0 Å². The molecule has 50 heavy (non-hydrogen) atoms. The molecule has 2 atom stereocenters. The van der Waals surface area contributed by atoms with E-state index in [0.29, 0.717) is 12.8 Å². The summed E-state index contributed by atoms with van der Waals surface area (Å²) in [6, 6.07) is 42.2. The monoisotopic (exact) mass is 704 g/mol. The molecule has 264 valence electrons. The van der Waals surface area contributed by atoms with Crippen LogP contribution in [0, 0.1) is 0 Å². The maximum absolute atomic E-state index is 13.8. The van der Waals surface area contributed by atoms with E-state index in [9.17, 15) is 9.59 Å². The number of esters is 2. The summed E-state index contributed by atoms with van der Waals surface area (Å²) in [6.07, 6.45) is 5.68. The minimum atomic E-state index is -2.76. The lowest BCUT2D eigenvalue weighted by Crippen LogP contribution is -2.72. The lowest BCUT2D eigenvalue weighted by Gasteiger charge is -2.48. The Morgan fingerprint density at radius 3 is 0.940 bits per heavy atom. The van der Waals surface area contributed by atoms with Gasteiger partial charge in [-0.15, -0.1) is 0 Å². The van der Waals surface area contributed by atoms with Crippen molar-refractivity contribution in [2.24, 2.45) is 0 Å². The number of carbonyl (C=O) groups excluding carboxylic acids is 2. The van der Waals surface area contributed by atoms with E-state index in [-0.39, 0.29) is 21.5 Å². The van der Waals surface area contributed by atoms with Crippen molar-refractivity contribution < 1.29 is 19.1 Å². The molecule has 0 fully saturated rings. The maximum Gasteiger partial charge on any atom is 0.330 e. The fourth-order valence-electron chi connectivity index (χ4n) is 8.33. The predicted octanol–water partition coefficient (Wildman–Crippen LogP) is 8.17. The molecule has 0 bridgehead atoms. The summed E-state index contributed by atoms with van der Waals surface area (Å²) >= 11 is 0. The number of carbonyl (C=O) groups is 2. The molecular formula is C44H56O4Si2. The molecule has 0 heterocycles. The summed E-state index contributed by atoms with van der Waals surface area (Å²) < 4.78 is 13.0. The van der Waals surface area contributed by atoms with Gasteiger partial charge >= 0.3 is 11.9 Å². The van der Waals surface area contributed by atoms with Gasteiger partial charge in [0.05, 0.1) is 0 Å². The Hall–Kier alpha value is -4.01. The van der Waals surface area contributed by atoms with Crippen molar-refractivity contribution >= 4 is 48.8 Å². The second kappa shape index (κ2) is 16.8. The largest absolute Gasteiger partial charge is 0.462 e. The smallest absolute Gasteiger partial charge is 0.330 e. The van der Waals surface area contributed by atoms with Gasteiger partial charge in [-0.05, 0) is 43.7 Å². The molecule has 0 radical (unpaired) electrons. The normalized spacial score (nSPS) is 13.8. The summed E-state index contributed by atoms with van der Waals surface area (Å²) in [5.41, 5.74) is -0.703. The van der Waals surface area contributed by atoms with Crippen LogP contribution in [0.4, 0.5) is 0 Å². The van der Waals surface area contributed by atoms with Gasteiger partial charge in [0, 0.05) is 12.2 Å². The zero-order valence-corrected chi connectivity index (χ0v) is 33.3. The molecule has 0 aliphatic rings. The summed E-state index contributed by atoms with van der Waals surface area (Å²) in [7, 11) is -5.53. The van der Waals surface area contributed by atoms with Gasteiger partial charge in [-0.25, -0.2) is 9.59 Å². The molecule has 0 aliphatic heterocycles. The highest BCUT2D eigenvalue weighted by molar-refractivity contribution is 7.05. The Morgan fingerprint density at radius 2 is 0.740 bits per heavy atom. The minimum Gasteiger partial charge on any atom is -0.462 e. The second-order valence-corrected chi connectivity index (χ2v) is 25.2. The van der Waals surface area contributed by atoms with Gasteiger partial charge in [-0.1, -0.05) is 190 Å². The molecule has 4 rings (SSSR count). The van der Waals surface area contributed by atoms with E-state index in [0.717, 1.165) is 12.8 Å². The molecule has 4 nitrogen and oxygen atoms in total. The molecule has 0 saturated heterocycles. The average Bonchev–Trinajstić information content (AvgIpc) is 3.09. The van der Waals surface area contributed by atoms with E-state index >= 15 is 0 Å². The molecule has 0 N–H and O–H groups in total. The number of hydrogen-bond donors (Lipinski definition) is 0. The fraction of sp³-hybridized carbons (Fsp3) is 0.364. The van der Waals surface area contributed by atoms with Crippen molar-refractivity contribution in [1.29, 1.82) is 0 Å². The van der Waals surface area contributed by atoms with Crippen LogP contribution in [0.2, 0.25) is 10.1 Å². The molecule has 0 saturated carbocycles. The summed E-state index contributed by atoms with van der Waals surface area (Å²) in [5, 5.41) is 4.51. The standard InChI is InChI=1S/C44H56O4Si2/c1-9-23-41(49(43(3,4)5,35-25-15-11-16-26-35)36-27-17-12-18-28-36)47-39(45)33-34-40(46)48-42(24-10-2)50(44(6,7)8,37-29-19-13-20-30-37)38-31-21-14-22-32-38/h11-22,25-34,41-42H,9-10,23-24H2,1-8H3/b34-33-. The van der Waals surface area contributed by atoms with E-state index in [4.69, 9.17) is 9.47 Å². The van der Waals surface area contributed by atoms with Crippen LogP contribution in [-0.2, 0) is 19.1 Å². The van der Waals surface area contributed by atoms with Crippen LogP contribution in [-0.4, -0.2) is 39.5 Å². The molecule has 0 aliphatic carbocycles. The van der Waals surface area contributed by atoms with Crippen LogP contribution in [0.5, 0.6) is 0 Å². The van der Waals surface area contributed by atoms with E-state index in [1.165, 1.54) is 32.9 Å². The lowest BCUT2D eigenvalue weighted by atomic mass is 10.2. The van der Waals surface area contributed by atoms with E-state index in [1.807, 2.05) is 24.3 Å². The third kappa shape index (κ3) is 7.97. The Kier molecular flexibility index (Phi) is 13.0. The highest BCUT2D eigenvalue weighted by Gasteiger charge is 2.56. The minimum absolute atomic E-state index is 0.193. The highest BCUT2D eigenvalue weighted by atomic mass is 28.3. The first-order chi connectivity index (χ1) is 23.8. The Labute approximate surface area is 303 Å². The molecule has 0 aromatic heterocycles. The van der Waals surface area contributed by atoms with Crippen molar-refractivity contribution in [1.82, 2.24) is 0 Å². The first-order valence-electron chi connectivity index (χ1n) is 18.1. The van der Waals surface area contributed by atoms with Crippen LogP contribution in [0.25, 0.3) is 0 Å². The summed E-state index contributed by atoms with van der Waals surface area (Å²) in [5.74, 6) is -1.04. The zero-order chi connectivity index (χ0) is 36.4. The summed E-state index contributed by atoms with van der Waals surface area (Å²) in [4.78, 5) is 27.6. The van der Waals surface area contributed by atoms with Crippen molar-refractivity contribution in [3.8, 4) is 0 Å². The number of hydrogen-bond acceptors (Lipinski definition) is 4. The topological polar surface area (TPSA) is 52.6 Å². The molecule has 2 unspecified atom stereocenters. The molecular weight excluding hydrogens is 649 g/mol. The maximum atomic E-state index is 13.8. The van der Waals surface area contributed by atoms with Gasteiger partial charge < -0.3 is 9.47 Å². The summed E-state index contributed by atoms with van der Waals surface area (Å²) in [6.45, 7) is 17.9. The molecule has 4 aromatic rings. The van der Waals surface area contributed by atoms with Gasteiger partial charge in [0.2, 0.25) is 0 Å². The van der Waals surface area contributed by atoms with E-state index < -0.39 is 28.1 Å². The van der Waals surface area contributed by atoms with Crippen LogP contribution >= 0.6 is 0 Å². The van der Waals surface area contributed by atoms with Crippen molar-refractivity contribution in [2.75, 3.05) is 0 Å². The third-order valence-corrected chi connectivity index (χ3v) is 22.7. The second-order valence-electron chi connectivity index (χ2n) is 15.3. The first-order valence-corrected chi connectivity index (χ1v) is 22.3. The molecule has 4 aromatic carbocycles. The van der Waals surface area contributed by atoms with E-state index in [2.05, 4.69) is 152 Å². The SMILES string of the molecule is CCCC(OC(=O)/C=C\C(=O)OC(CCC)[Si](c1ccccc1)(c1ccccc1)C(C)(C)C)[Si](c1ccccc1)(c1ccccc1)C(C)(C)C. The zero-order valence-electron chi connectivity index (χ0n) is 31.3. The number of ether oxygens (including phenoxy) is 2. The van der Waals surface area contributed by atoms with Gasteiger partial charge in [0.25, 0.3) is 0 Å².